The van der Waals surface area contributed by atoms with Gasteiger partial charge in [0.05, 0.1) is 38.1 Å². The summed E-state index contributed by atoms with van der Waals surface area (Å²) in [5, 5.41) is 154. The zero-order valence-electron chi connectivity index (χ0n) is 45.6. The van der Waals surface area contributed by atoms with Crippen molar-refractivity contribution in [1.82, 2.24) is 0 Å². The minimum Gasteiger partial charge on any atom is -0.479 e. The molecule has 8 fully saturated rings. The fraction of sp³-hybridized carbons (Fsp3) is 0.926. The van der Waals surface area contributed by atoms with Crippen LogP contribution in [0.4, 0.5) is 0 Å². The van der Waals surface area contributed by atoms with E-state index in [0.29, 0.717) is 38.5 Å². The Bertz CT molecular complexity index is 2210. The summed E-state index contributed by atoms with van der Waals surface area (Å²) < 4.78 is 48.9. The van der Waals surface area contributed by atoms with Crippen LogP contribution in [0, 0.1) is 50.2 Å². The number of hydrogen-bond acceptors (Lipinski definition) is 23. The van der Waals surface area contributed by atoms with Crippen LogP contribution >= 0.6 is 0 Å². The van der Waals surface area contributed by atoms with E-state index in [0.717, 1.165) is 6.42 Å². The Morgan fingerprint density at radius 2 is 1.18 bits per heavy atom. The fourth-order valence-corrected chi connectivity index (χ4v) is 16.4. The molecule has 9 rings (SSSR count). The number of aliphatic hydroxyl groups is 13. The van der Waals surface area contributed by atoms with Crippen LogP contribution in [-0.4, -0.2) is 238 Å². The Labute approximate surface area is 453 Å². The van der Waals surface area contributed by atoms with Crippen LogP contribution in [0.1, 0.15) is 107 Å². The van der Waals surface area contributed by atoms with Gasteiger partial charge in [-0.15, -0.1) is 0 Å². The predicted octanol–water partition coefficient (Wildman–Crippen LogP) is -2.29. The van der Waals surface area contributed by atoms with Crippen molar-refractivity contribution in [3.8, 4) is 0 Å². The first-order valence-electron chi connectivity index (χ1n) is 27.7. The molecular formula is C54H86O24. The van der Waals surface area contributed by atoms with E-state index in [1.54, 1.807) is 0 Å². The lowest BCUT2D eigenvalue weighted by Gasteiger charge is -2.72. The van der Waals surface area contributed by atoms with E-state index in [4.69, 9.17) is 37.9 Å². The van der Waals surface area contributed by atoms with E-state index in [2.05, 4.69) is 26.8 Å². The lowest BCUT2D eigenvalue weighted by molar-refractivity contribution is -0.406. The lowest BCUT2D eigenvalue weighted by Crippen LogP contribution is -2.69. The molecule has 0 unspecified atom stereocenters. The Hall–Kier alpha value is -1.96. The molecule has 0 aromatic carbocycles. The van der Waals surface area contributed by atoms with E-state index >= 15 is 0 Å². The number of fused-ring (bicyclic) bond motifs is 7. The van der Waals surface area contributed by atoms with Crippen LogP contribution in [-0.2, 0) is 47.5 Å². The van der Waals surface area contributed by atoms with Gasteiger partial charge in [0.15, 0.2) is 31.3 Å². The standard InChI is InChI=1S/C54H86O24/c1-21-31(60)34(63)37(66)45(71-21)77-42-36(65)33(62)25(19-56)73-47(42)75-40-39(68)41(44(69)70)76-48(43(40)78-46-38(67)35(64)32(61)24(18-55)72-46)74-30-12-13-51(6)26(50(30,4)5)11-14-52(7)27(51)10-9-22-23-15-49(2,3)28(58)17-54(23,20-57)29(59)16-53(22,52)8/h9,21,23-27,29-43,45-48,55-57,59-68H,10-20H2,1-8H3,(H,69,70)/t21-,23-,24+,25+,26-,27+,29+,30-,31-,32+,33-,34+,35-,36-,37+,38+,39-,40-,41-,42+,43+,45+,46-,47-,48+,51-,52+,53+,54+/m0/s1. The summed E-state index contributed by atoms with van der Waals surface area (Å²) in [6, 6.07) is 0. The van der Waals surface area contributed by atoms with Gasteiger partial charge in [0, 0.05) is 17.3 Å². The van der Waals surface area contributed by atoms with E-state index in [9.17, 15) is 81.1 Å². The monoisotopic (exact) mass is 1120 g/mol. The number of hydrogen-bond donors (Lipinski definition) is 14. The van der Waals surface area contributed by atoms with Crippen LogP contribution in [0.5, 0.6) is 0 Å². The molecule has 29 atom stereocenters. The summed E-state index contributed by atoms with van der Waals surface area (Å²) in [4.78, 5) is 26.6. The molecule has 446 valence electrons. The first-order chi connectivity index (χ1) is 36.4. The largest absolute Gasteiger partial charge is 0.479 e. The quantitative estimate of drug-likeness (QED) is 0.0722. The molecule has 9 aliphatic rings. The van der Waals surface area contributed by atoms with Crippen molar-refractivity contribution in [2.24, 2.45) is 50.2 Å². The molecule has 4 saturated heterocycles. The van der Waals surface area contributed by atoms with E-state index in [-0.39, 0.29) is 47.4 Å². The normalized spacial score (nSPS) is 53.9. The number of aliphatic carboxylic acids is 1. The number of ketones is 1. The first-order valence-corrected chi connectivity index (χ1v) is 27.7. The van der Waals surface area contributed by atoms with Gasteiger partial charge < -0.3 is 109 Å². The van der Waals surface area contributed by atoms with E-state index < -0.39 is 176 Å². The van der Waals surface area contributed by atoms with Gasteiger partial charge in [0.1, 0.15) is 91.2 Å². The predicted molar refractivity (Wildman–Crippen MR) is 264 cm³/mol. The fourth-order valence-electron chi connectivity index (χ4n) is 16.4. The molecule has 0 aromatic heterocycles. The third kappa shape index (κ3) is 9.49. The van der Waals surface area contributed by atoms with Gasteiger partial charge >= 0.3 is 5.97 Å². The van der Waals surface area contributed by atoms with Gasteiger partial charge in [0.2, 0.25) is 0 Å². The zero-order chi connectivity index (χ0) is 57.3. The number of aliphatic hydroxyl groups excluding tert-OH is 13. The summed E-state index contributed by atoms with van der Waals surface area (Å²) in [7, 11) is 0. The molecule has 0 bridgehead atoms. The number of carboxylic acids is 1. The topological polar surface area (TPSA) is 391 Å². The minimum absolute atomic E-state index is 0.0354. The number of rotatable bonds is 12. The SMILES string of the molecule is C[C@@H]1O[C@H](O[C@H]2[C@H](O[C@H]3[C@H](O)[C@@H](C(=O)O)O[C@@H](O[C@H]4CC[C@]5(C)[C@H]6CC=C7[C@@H]8CC(C)(C)C(=O)C[C@]8(CO)[C@H](O)C[C@@]7(C)[C@]6(C)CC[C@H]5C4(C)C)[C@@H]3O[C@@H]3O[C@H](CO)[C@@H](O)[C@H](O)[C@H]3O)O[C@H](CO)[C@H](O)[C@@H]2O)[C@H](O)[C@H](O)[C@H]1O. The third-order valence-electron chi connectivity index (χ3n) is 21.5. The summed E-state index contributed by atoms with van der Waals surface area (Å²) in [6.07, 6.45) is -32.8. The number of carbonyl (C=O) groups is 2. The number of allylic oxidation sites excluding steroid dienone is 2. The van der Waals surface area contributed by atoms with Crippen LogP contribution < -0.4 is 0 Å². The molecule has 0 spiro atoms. The average Bonchev–Trinajstić information content (AvgIpc) is 2.79. The van der Waals surface area contributed by atoms with Crippen LogP contribution in [0.3, 0.4) is 0 Å². The highest BCUT2D eigenvalue weighted by atomic mass is 16.8. The summed E-state index contributed by atoms with van der Waals surface area (Å²) in [6.45, 7) is 14.1. The molecule has 0 aromatic rings. The maximum Gasteiger partial charge on any atom is 0.335 e. The van der Waals surface area contributed by atoms with Gasteiger partial charge in [-0.2, -0.15) is 0 Å². The second kappa shape index (κ2) is 21.6. The maximum atomic E-state index is 13.5. The molecule has 24 heteroatoms. The molecule has 5 aliphatic carbocycles. The van der Waals surface area contributed by atoms with Crippen LogP contribution in [0.2, 0.25) is 0 Å². The zero-order valence-corrected chi connectivity index (χ0v) is 45.6. The molecule has 78 heavy (non-hydrogen) atoms. The number of carbonyl (C=O) groups excluding carboxylic acids is 1. The maximum absolute atomic E-state index is 13.5. The Morgan fingerprint density at radius 3 is 1.79 bits per heavy atom. The highest BCUT2D eigenvalue weighted by molar-refractivity contribution is 5.86. The van der Waals surface area contributed by atoms with Gasteiger partial charge in [-0.3, -0.25) is 4.79 Å². The molecule has 24 nitrogen and oxygen atoms in total. The van der Waals surface area contributed by atoms with E-state index in [1.807, 2.05) is 27.7 Å². The molecule has 4 saturated carbocycles. The van der Waals surface area contributed by atoms with Crippen molar-refractivity contribution in [2.45, 2.75) is 242 Å². The number of carboxylic acid groups (broad SMARTS) is 1. The molecule has 0 radical (unpaired) electrons. The third-order valence-corrected chi connectivity index (χ3v) is 21.5. The van der Waals surface area contributed by atoms with Gasteiger partial charge in [-0.1, -0.05) is 60.1 Å². The van der Waals surface area contributed by atoms with Gasteiger partial charge in [-0.05, 0) is 91.3 Å². The summed E-state index contributed by atoms with van der Waals surface area (Å²) in [5.74, 6) is -1.85. The van der Waals surface area contributed by atoms with Crippen molar-refractivity contribution in [2.75, 3.05) is 19.8 Å². The van der Waals surface area contributed by atoms with Crippen molar-refractivity contribution in [1.29, 1.82) is 0 Å². The average molecular weight is 1120 g/mol. The smallest absolute Gasteiger partial charge is 0.335 e. The lowest BCUT2D eigenvalue weighted by atomic mass is 9.33. The van der Waals surface area contributed by atoms with Crippen molar-refractivity contribution >= 4 is 11.8 Å². The highest BCUT2D eigenvalue weighted by Crippen LogP contribution is 2.76. The molecule has 14 N–H and O–H groups in total. The Balaban J connectivity index is 1.05. The number of ether oxygens (including phenoxy) is 8. The molecule has 0 amide bonds. The van der Waals surface area contributed by atoms with Crippen LogP contribution in [0.15, 0.2) is 11.6 Å². The van der Waals surface area contributed by atoms with Gasteiger partial charge in [-0.25, -0.2) is 4.79 Å². The highest BCUT2D eigenvalue weighted by Gasteiger charge is 2.71. The second-order valence-electron chi connectivity index (χ2n) is 26.3. The van der Waals surface area contributed by atoms with Gasteiger partial charge in [0.25, 0.3) is 0 Å². The second-order valence-corrected chi connectivity index (χ2v) is 26.3. The Morgan fingerprint density at radius 1 is 0.615 bits per heavy atom. The molecule has 4 aliphatic heterocycles. The number of Topliss-reactive ketones (excluding diaryl/α,β-unsaturated/α-hetero) is 1. The molecular weight excluding hydrogens is 1030 g/mol. The molecule has 4 heterocycles. The summed E-state index contributed by atoms with van der Waals surface area (Å²) >= 11 is 0. The summed E-state index contributed by atoms with van der Waals surface area (Å²) in [5.41, 5.74) is -2.34. The minimum atomic E-state index is -2.25. The van der Waals surface area contributed by atoms with Crippen molar-refractivity contribution < 1.29 is 119 Å². The van der Waals surface area contributed by atoms with E-state index in [1.165, 1.54) is 12.5 Å². The van der Waals surface area contributed by atoms with Crippen LogP contribution in [0.25, 0.3) is 0 Å². The van der Waals surface area contributed by atoms with Crippen molar-refractivity contribution in [3.63, 3.8) is 0 Å². The Kier molecular flexibility index (Phi) is 16.8. The first kappa shape index (κ1) is 60.6. The van der Waals surface area contributed by atoms with Crippen molar-refractivity contribution in [3.05, 3.63) is 11.6 Å².